The van der Waals surface area contributed by atoms with Crippen molar-refractivity contribution in [2.75, 3.05) is 13.2 Å². The number of hydrogen-bond donors (Lipinski definition) is 3. The maximum Gasteiger partial charge on any atom is 0.112 e. The van der Waals surface area contributed by atoms with E-state index in [1.165, 1.54) is 6.92 Å². The van der Waals surface area contributed by atoms with Crippen molar-refractivity contribution >= 4 is 7.85 Å². The molecular formula is C6H13BO4. The van der Waals surface area contributed by atoms with Crippen LogP contribution in [0.1, 0.15) is 6.92 Å². The van der Waals surface area contributed by atoms with Crippen LogP contribution in [0, 0.1) is 0 Å². The topological polar surface area (TPSA) is 69.9 Å². The summed E-state index contributed by atoms with van der Waals surface area (Å²) in [6.45, 7) is 0.833. The predicted molar refractivity (Wildman–Crippen MR) is 40.3 cm³/mol. The Morgan fingerprint density at radius 3 is 2.18 bits per heavy atom. The van der Waals surface area contributed by atoms with Gasteiger partial charge in [-0.2, -0.15) is 0 Å². The standard InChI is InChI=1S/C6H13BO4/c1-4(10)5(2-8)11-6(7)3-9/h4-6,8-10H,2-3H2,1H3/t4?,5-,6+/m0/s1. The van der Waals surface area contributed by atoms with Gasteiger partial charge in [-0.05, 0) is 6.92 Å². The first-order valence-corrected chi connectivity index (χ1v) is 3.42. The van der Waals surface area contributed by atoms with E-state index in [2.05, 4.69) is 0 Å². The smallest absolute Gasteiger partial charge is 0.112 e. The molecule has 0 saturated carbocycles. The molecule has 3 atom stereocenters. The fourth-order valence-electron chi connectivity index (χ4n) is 0.577. The van der Waals surface area contributed by atoms with E-state index in [1.807, 2.05) is 0 Å². The molecule has 3 N–H and O–H groups in total. The van der Waals surface area contributed by atoms with Crippen molar-refractivity contribution in [3.8, 4) is 0 Å². The summed E-state index contributed by atoms with van der Waals surface area (Å²) < 4.78 is 4.84. The first-order chi connectivity index (χ1) is 5.11. The summed E-state index contributed by atoms with van der Waals surface area (Å²) >= 11 is 0. The Labute approximate surface area is 67.2 Å². The van der Waals surface area contributed by atoms with Crippen LogP contribution < -0.4 is 0 Å². The summed E-state index contributed by atoms with van der Waals surface area (Å²) in [6.07, 6.45) is -1.52. The number of ether oxygens (including phenoxy) is 1. The number of rotatable bonds is 5. The Morgan fingerprint density at radius 1 is 1.36 bits per heavy atom. The zero-order chi connectivity index (χ0) is 8.85. The predicted octanol–water partition coefficient (Wildman–Crippen LogP) is -1.77. The molecule has 0 aliphatic rings. The highest BCUT2D eigenvalue weighted by Crippen LogP contribution is 2.00. The van der Waals surface area contributed by atoms with E-state index >= 15 is 0 Å². The van der Waals surface area contributed by atoms with Gasteiger partial charge in [0.1, 0.15) is 14.0 Å². The monoisotopic (exact) mass is 160 g/mol. The minimum atomic E-state index is -0.846. The van der Waals surface area contributed by atoms with E-state index < -0.39 is 18.2 Å². The van der Waals surface area contributed by atoms with Crippen molar-refractivity contribution in [3.63, 3.8) is 0 Å². The van der Waals surface area contributed by atoms with Gasteiger partial charge in [-0.3, -0.25) is 0 Å². The molecule has 0 aromatic carbocycles. The first kappa shape index (κ1) is 10.9. The van der Waals surface area contributed by atoms with Gasteiger partial charge in [0, 0.05) is 6.00 Å². The summed E-state index contributed by atoms with van der Waals surface area (Å²) in [7, 11) is 5.19. The zero-order valence-electron chi connectivity index (χ0n) is 6.47. The Kier molecular flexibility index (Phi) is 5.49. The van der Waals surface area contributed by atoms with Crippen LogP contribution in [-0.2, 0) is 4.74 Å². The highest BCUT2D eigenvalue weighted by Gasteiger charge is 2.16. The van der Waals surface area contributed by atoms with Crippen LogP contribution in [0.5, 0.6) is 0 Å². The Hall–Kier alpha value is -0.0951. The second-order valence-corrected chi connectivity index (χ2v) is 2.32. The Morgan fingerprint density at radius 2 is 1.91 bits per heavy atom. The Balaban J connectivity index is 3.68. The molecule has 1 unspecified atom stereocenters. The van der Waals surface area contributed by atoms with Crippen LogP contribution in [0.15, 0.2) is 0 Å². The summed E-state index contributed by atoms with van der Waals surface area (Å²) in [5, 5.41) is 26.0. The van der Waals surface area contributed by atoms with Gasteiger partial charge < -0.3 is 20.1 Å². The van der Waals surface area contributed by atoms with Crippen molar-refractivity contribution in [3.05, 3.63) is 0 Å². The van der Waals surface area contributed by atoms with Gasteiger partial charge in [0.15, 0.2) is 0 Å². The van der Waals surface area contributed by atoms with E-state index in [9.17, 15) is 0 Å². The van der Waals surface area contributed by atoms with Crippen molar-refractivity contribution in [2.45, 2.75) is 25.1 Å². The molecule has 0 spiro atoms. The molecule has 0 heterocycles. The fraction of sp³-hybridized carbons (Fsp3) is 1.00. The van der Waals surface area contributed by atoms with E-state index in [4.69, 9.17) is 27.9 Å². The van der Waals surface area contributed by atoms with Crippen molar-refractivity contribution in [2.24, 2.45) is 0 Å². The molecule has 0 aromatic rings. The molecule has 0 bridgehead atoms. The van der Waals surface area contributed by atoms with Crippen LogP contribution in [0.3, 0.4) is 0 Å². The van der Waals surface area contributed by atoms with Crippen LogP contribution in [0.4, 0.5) is 0 Å². The molecule has 0 aliphatic heterocycles. The molecular weight excluding hydrogens is 147 g/mol. The molecule has 2 radical (unpaired) electrons. The lowest BCUT2D eigenvalue weighted by Crippen LogP contribution is -2.35. The van der Waals surface area contributed by atoms with Crippen molar-refractivity contribution in [1.29, 1.82) is 0 Å². The normalized spacial score (nSPS) is 19.3. The second kappa shape index (κ2) is 5.54. The summed E-state index contributed by atoms with van der Waals surface area (Å²) in [6, 6.07) is -0.846. The van der Waals surface area contributed by atoms with Gasteiger partial charge in [-0.25, -0.2) is 0 Å². The number of hydrogen-bond acceptors (Lipinski definition) is 4. The fourth-order valence-corrected chi connectivity index (χ4v) is 0.577. The molecule has 4 nitrogen and oxygen atoms in total. The third-order valence-electron chi connectivity index (χ3n) is 1.25. The lowest BCUT2D eigenvalue weighted by Gasteiger charge is -2.21. The van der Waals surface area contributed by atoms with Gasteiger partial charge in [-0.1, -0.05) is 0 Å². The molecule has 11 heavy (non-hydrogen) atoms. The molecule has 0 aromatic heterocycles. The van der Waals surface area contributed by atoms with Crippen molar-refractivity contribution in [1.82, 2.24) is 0 Å². The van der Waals surface area contributed by atoms with E-state index in [0.29, 0.717) is 0 Å². The number of aliphatic hydroxyl groups is 3. The van der Waals surface area contributed by atoms with E-state index in [0.717, 1.165) is 0 Å². The van der Waals surface area contributed by atoms with Crippen LogP contribution in [0.25, 0.3) is 0 Å². The van der Waals surface area contributed by atoms with Gasteiger partial charge in [0.2, 0.25) is 0 Å². The van der Waals surface area contributed by atoms with Gasteiger partial charge in [-0.15, -0.1) is 0 Å². The van der Waals surface area contributed by atoms with E-state index in [-0.39, 0.29) is 13.2 Å². The molecule has 0 fully saturated rings. The summed E-state index contributed by atoms with van der Waals surface area (Å²) in [5.74, 6) is 0. The maximum absolute atomic E-state index is 8.93. The molecule has 0 amide bonds. The minimum Gasteiger partial charge on any atom is -0.395 e. The van der Waals surface area contributed by atoms with Crippen LogP contribution in [0.2, 0.25) is 0 Å². The first-order valence-electron chi connectivity index (χ1n) is 3.42. The average Bonchev–Trinajstić information content (AvgIpc) is 1.99. The highest BCUT2D eigenvalue weighted by molar-refractivity contribution is 6.11. The maximum atomic E-state index is 8.93. The molecule has 0 rings (SSSR count). The lowest BCUT2D eigenvalue weighted by atomic mass is 10.0. The molecule has 5 heteroatoms. The van der Waals surface area contributed by atoms with Gasteiger partial charge in [0.05, 0.1) is 19.3 Å². The van der Waals surface area contributed by atoms with Crippen LogP contribution in [-0.4, -0.2) is 54.6 Å². The molecule has 64 valence electrons. The number of aliphatic hydroxyl groups excluding tert-OH is 3. The average molecular weight is 160 g/mol. The molecule has 0 saturated heterocycles. The molecule has 0 aliphatic carbocycles. The summed E-state index contributed by atoms with van der Waals surface area (Å²) in [4.78, 5) is 0. The van der Waals surface area contributed by atoms with Crippen LogP contribution >= 0.6 is 0 Å². The Bertz CT molecular complexity index is 98.6. The van der Waals surface area contributed by atoms with E-state index in [1.54, 1.807) is 0 Å². The lowest BCUT2D eigenvalue weighted by molar-refractivity contribution is -0.0789. The zero-order valence-corrected chi connectivity index (χ0v) is 6.47. The third kappa shape index (κ3) is 4.37. The second-order valence-electron chi connectivity index (χ2n) is 2.32. The largest absolute Gasteiger partial charge is 0.395 e. The highest BCUT2D eigenvalue weighted by atomic mass is 16.5. The third-order valence-corrected chi connectivity index (χ3v) is 1.25. The SMILES string of the molecule is [B][C@@H](CO)O[C@@H](CO)C(C)O. The van der Waals surface area contributed by atoms with Crippen molar-refractivity contribution < 1.29 is 20.1 Å². The summed E-state index contributed by atoms with van der Waals surface area (Å²) in [5.41, 5.74) is 0. The minimum absolute atomic E-state index is 0.314. The quantitative estimate of drug-likeness (QED) is 0.416. The van der Waals surface area contributed by atoms with Gasteiger partial charge >= 0.3 is 0 Å². The van der Waals surface area contributed by atoms with Gasteiger partial charge in [0.25, 0.3) is 0 Å².